The van der Waals surface area contributed by atoms with Gasteiger partial charge in [-0.25, -0.2) is 4.98 Å². The van der Waals surface area contributed by atoms with Gasteiger partial charge in [0.15, 0.2) is 5.65 Å². The van der Waals surface area contributed by atoms with E-state index in [0.717, 1.165) is 32.0 Å². The molecule has 5 nitrogen and oxygen atoms in total. The molecule has 2 aromatic heterocycles. The maximum atomic E-state index is 11.0. The van der Waals surface area contributed by atoms with E-state index in [2.05, 4.69) is 34.2 Å². The van der Waals surface area contributed by atoms with Crippen molar-refractivity contribution >= 4 is 28.4 Å². The SMILES string of the molecule is OC1(c2cccc(Sc3ccc4ncc5nccn5c4c3)c2)CCOCC1. The maximum absolute atomic E-state index is 11.0. The molecule has 1 fully saturated rings. The molecule has 0 unspecified atom stereocenters. The first-order valence-corrected chi connectivity index (χ1v) is 9.83. The zero-order valence-corrected chi connectivity index (χ0v) is 15.5. The molecule has 2 aromatic carbocycles. The lowest BCUT2D eigenvalue weighted by Gasteiger charge is -2.32. The van der Waals surface area contributed by atoms with Gasteiger partial charge in [-0.05, 0) is 35.9 Å². The van der Waals surface area contributed by atoms with E-state index < -0.39 is 5.60 Å². The fraction of sp³-hybridized carbons (Fsp3) is 0.238. The lowest BCUT2D eigenvalue weighted by Crippen LogP contribution is -2.33. The first-order chi connectivity index (χ1) is 13.2. The molecule has 5 rings (SSSR count). The number of nitrogens with zero attached hydrogens (tertiary/aromatic N) is 3. The van der Waals surface area contributed by atoms with Gasteiger partial charge in [-0.2, -0.15) is 0 Å². The van der Waals surface area contributed by atoms with E-state index in [-0.39, 0.29) is 0 Å². The molecule has 1 saturated heterocycles. The van der Waals surface area contributed by atoms with Crippen molar-refractivity contribution in [3.63, 3.8) is 0 Å². The lowest BCUT2D eigenvalue weighted by molar-refractivity contribution is -0.0680. The standard InChI is InChI=1S/C21H19N3O2S/c25-21(6-10-26-11-7-21)15-2-1-3-16(12-15)27-17-4-5-18-19(13-17)24-9-8-22-20(24)14-23-18/h1-5,8-9,12-14,25H,6-7,10-11H2. The van der Waals surface area contributed by atoms with Crippen LogP contribution >= 0.6 is 11.8 Å². The molecule has 136 valence electrons. The van der Waals surface area contributed by atoms with E-state index >= 15 is 0 Å². The molecule has 0 atom stereocenters. The first-order valence-electron chi connectivity index (χ1n) is 9.02. The number of aromatic nitrogens is 3. The van der Waals surface area contributed by atoms with Crippen molar-refractivity contribution in [3.8, 4) is 0 Å². The lowest BCUT2D eigenvalue weighted by atomic mass is 9.87. The summed E-state index contributed by atoms with van der Waals surface area (Å²) >= 11 is 1.69. The number of benzene rings is 2. The van der Waals surface area contributed by atoms with Gasteiger partial charge < -0.3 is 9.84 Å². The first kappa shape index (κ1) is 16.7. The summed E-state index contributed by atoms with van der Waals surface area (Å²) in [5.41, 5.74) is 3.00. The summed E-state index contributed by atoms with van der Waals surface area (Å²) in [5.74, 6) is 0. The quantitative estimate of drug-likeness (QED) is 0.584. The van der Waals surface area contributed by atoms with Crippen LogP contribution < -0.4 is 0 Å². The van der Waals surface area contributed by atoms with E-state index in [1.54, 1.807) is 24.2 Å². The van der Waals surface area contributed by atoms with E-state index in [1.807, 2.05) is 28.8 Å². The van der Waals surface area contributed by atoms with Crippen LogP contribution in [0, 0.1) is 0 Å². The summed E-state index contributed by atoms with van der Waals surface area (Å²) in [4.78, 5) is 11.0. The Morgan fingerprint density at radius 1 is 1.04 bits per heavy atom. The number of imidazole rings is 1. The molecule has 4 aromatic rings. The Labute approximate surface area is 161 Å². The van der Waals surface area contributed by atoms with Crippen LogP contribution in [0.4, 0.5) is 0 Å². The topological polar surface area (TPSA) is 59.7 Å². The van der Waals surface area contributed by atoms with Crippen molar-refractivity contribution in [2.24, 2.45) is 0 Å². The molecule has 0 spiro atoms. The van der Waals surface area contributed by atoms with Crippen molar-refractivity contribution in [1.82, 2.24) is 14.4 Å². The molecular weight excluding hydrogens is 358 g/mol. The monoisotopic (exact) mass is 377 g/mol. The molecule has 1 aliphatic rings. The molecule has 1 N–H and O–H groups in total. The third-order valence-corrected chi connectivity index (χ3v) is 6.10. The highest BCUT2D eigenvalue weighted by atomic mass is 32.2. The second-order valence-electron chi connectivity index (χ2n) is 6.84. The van der Waals surface area contributed by atoms with Crippen LogP contribution in [0.2, 0.25) is 0 Å². The van der Waals surface area contributed by atoms with Gasteiger partial charge in [0.2, 0.25) is 0 Å². The minimum Gasteiger partial charge on any atom is -0.385 e. The van der Waals surface area contributed by atoms with Crippen LogP contribution in [-0.4, -0.2) is 32.7 Å². The second-order valence-corrected chi connectivity index (χ2v) is 7.98. The highest BCUT2D eigenvalue weighted by molar-refractivity contribution is 7.99. The van der Waals surface area contributed by atoms with Gasteiger partial charge in [0, 0.05) is 48.2 Å². The molecule has 0 amide bonds. The number of aliphatic hydroxyl groups is 1. The molecular formula is C21H19N3O2S. The Hall–Kier alpha value is -2.41. The van der Waals surface area contributed by atoms with Crippen LogP contribution in [-0.2, 0) is 10.3 Å². The predicted molar refractivity (Wildman–Crippen MR) is 105 cm³/mol. The zero-order chi connectivity index (χ0) is 18.3. The minimum atomic E-state index is -0.787. The summed E-state index contributed by atoms with van der Waals surface area (Å²) in [6, 6.07) is 14.5. The van der Waals surface area contributed by atoms with Crippen molar-refractivity contribution < 1.29 is 9.84 Å². The van der Waals surface area contributed by atoms with Crippen LogP contribution in [0.5, 0.6) is 0 Å². The third kappa shape index (κ3) is 3.10. The normalized spacial score (nSPS) is 16.8. The number of rotatable bonds is 3. The van der Waals surface area contributed by atoms with E-state index in [0.29, 0.717) is 26.1 Å². The smallest absolute Gasteiger partial charge is 0.155 e. The predicted octanol–water partition coefficient (Wildman–Crippen LogP) is 4.03. The van der Waals surface area contributed by atoms with E-state index in [4.69, 9.17) is 4.74 Å². The molecule has 0 bridgehead atoms. The third-order valence-electron chi connectivity index (χ3n) is 5.12. The van der Waals surface area contributed by atoms with Crippen molar-refractivity contribution in [1.29, 1.82) is 0 Å². The summed E-state index contributed by atoms with van der Waals surface area (Å²) < 4.78 is 7.45. The Morgan fingerprint density at radius 3 is 2.78 bits per heavy atom. The van der Waals surface area contributed by atoms with Crippen molar-refractivity contribution in [2.45, 2.75) is 28.2 Å². The molecule has 3 heterocycles. The molecule has 0 saturated carbocycles. The number of hydrogen-bond acceptors (Lipinski definition) is 5. The highest BCUT2D eigenvalue weighted by Gasteiger charge is 2.31. The summed E-state index contributed by atoms with van der Waals surface area (Å²) in [5, 5.41) is 11.0. The average molecular weight is 377 g/mol. The van der Waals surface area contributed by atoms with Gasteiger partial charge >= 0.3 is 0 Å². The maximum Gasteiger partial charge on any atom is 0.155 e. The van der Waals surface area contributed by atoms with E-state index in [1.165, 1.54) is 0 Å². The Kier molecular flexibility index (Phi) is 4.11. The van der Waals surface area contributed by atoms with Gasteiger partial charge in [0.25, 0.3) is 0 Å². The van der Waals surface area contributed by atoms with Gasteiger partial charge in [0.1, 0.15) is 0 Å². The Balaban J connectivity index is 1.49. The largest absolute Gasteiger partial charge is 0.385 e. The highest BCUT2D eigenvalue weighted by Crippen LogP contribution is 2.36. The number of fused-ring (bicyclic) bond motifs is 3. The summed E-state index contributed by atoms with van der Waals surface area (Å²) in [6.07, 6.45) is 6.80. The van der Waals surface area contributed by atoms with Gasteiger partial charge in [0.05, 0.1) is 22.8 Å². The fourth-order valence-corrected chi connectivity index (χ4v) is 4.50. The van der Waals surface area contributed by atoms with Gasteiger partial charge in [-0.3, -0.25) is 9.38 Å². The second kappa shape index (κ2) is 6.64. The van der Waals surface area contributed by atoms with Crippen LogP contribution in [0.25, 0.3) is 16.7 Å². The molecule has 1 aliphatic heterocycles. The molecule has 0 radical (unpaired) electrons. The van der Waals surface area contributed by atoms with Crippen molar-refractivity contribution in [2.75, 3.05) is 13.2 Å². The van der Waals surface area contributed by atoms with Crippen LogP contribution in [0.15, 0.2) is 70.8 Å². The van der Waals surface area contributed by atoms with Crippen LogP contribution in [0.3, 0.4) is 0 Å². The molecule has 0 aliphatic carbocycles. The minimum absolute atomic E-state index is 0.604. The zero-order valence-electron chi connectivity index (χ0n) is 14.7. The van der Waals surface area contributed by atoms with Gasteiger partial charge in [-0.15, -0.1) is 0 Å². The number of hydrogen-bond donors (Lipinski definition) is 1. The Bertz CT molecular complexity index is 1120. The summed E-state index contributed by atoms with van der Waals surface area (Å²) in [7, 11) is 0. The van der Waals surface area contributed by atoms with Crippen molar-refractivity contribution in [3.05, 3.63) is 66.6 Å². The number of ether oxygens (including phenoxy) is 1. The van der Waals surface area contributed by atoms with Gasteiger partial charge in [-0.1, -0.05) is 23.9 Å². The van der Waals surface area contributed by atoms with E-state index in [9.17, 15) is 5.11 Å². The molecule has 27 heavy (non-hydrogen) atoms. The fourth-order valence-electron chi connectivity index (χ4n) is 3.59. The molecule has 6 heteroatoms. The van der Waals surface area contributed by atoms with Crippen LogP contribution in [0.1, 0.15) is 18.4 Å². The Morgan fingerprint density at radius 2 is 1.89 bits per heavy atom. The summed E-state index contributed by atoms with van der Waals surface area (Å²) in [6.45, 7) is 1.21. The average Bonchev–Trinajstić information content (AvgIpc) is 3.18.